The summed E-state index contributed by atoms with van der Waals surface area (Å²) in [4.78, 5) is 10.8. The second-order valence-electron chi connectivity index (χ2n) is 3.78. The molecule has 0 unspecified atom stereocenters. The van der Waals surface area contributed by atoms with Crippen LogP contribution >= 0.6 is 0 Å². The smallest absolute Gasteiger partial charge is 0.132 e. The van der Waals surface area contributed by atoms with Crippen molar-refractivity contribution in [2.24, 2.45) is 17.8 Å². The Bertz CT molecular complexity index is 132. The van der Waals surface area contributed by atoms with E-state index in [1.807, 2.05) is 0 Å². The van der Waals surface area contributed by atoms with Crippen LogP contribution in [0.1, 0.15) is 33.6 Å². The molecule has 1 rings (SSSR count). The van der Waals surface area contributed by atoms with E-state index in [0.29, 0.717) is 11.7 Å². The topological polar surface area (TPSA) is 17.1 Å². The molecular formula is C9H16O. The average molecular weight is 140 g/mol. The lowest BCUT2D eigenvalue weighted by molar-refractivity contribution is -0.125. The molecule has 0 atom stereocenters. The van der Waals surface area contributed by atoms with Crippen molar-refractivity contribution in [1.82, 2.24) is 0 Å². The van der Waals surface area contributed by atoms with Gasteiger partial charge in [0.25, 0.3) is 0 Å². The Morgan fingerprint density at radius 1 is 1.40 bits per heavy atom. The molecule has 0 N–H and O–H groups in total. The molecule has 0 amide bonds. The zero-order valence-electron chi connectivity index (χ0n) is 7.05. The molecule has 1 fully saturated rings. The summed E-state index contributed by atoms with van der Waals surface area (Å²) in [5.74, 6) is 2.40. The van der Waals surface area contributed by atoms with E-state index >= 15 is 0 Å². The molecule has 0 spiro atoms. The summed E-state index contributed by atoms with van der Waals surface area (Å²) in [7, 11) is 0. The summed E-state index contributed by atoms with van der Waals surface area (Å²) >= 11 is 0. The van der Waals surface area contributed by atoms with Gasteiger partial charge in [0.1, 0.15) is 5.78 Å². The summed E-state index contributed by atoms with van der Waals surface area (Å²) < 4.78 is 0. The number of carbonyl (C=O) groups is 1. The predicted octanol–water partition coefficient (Wildman–Crippen LogP) is 2.26. The fraction of sp³-hybridized carbons (Fsp3) is 0.889. The minimum Gasteiger partial charge on any atom is -0.300 e. The maximum atomic E-state index is 10.8. The van der Waals surface area contributed by atoms with Crippen LogP contribution in [0.15, 0.2) is 0 Å². The molecule has 0 heterocycles. The molecule has 0 aromatic rings. The third-order valence-electron chi connectivity index (χ3n) is 2.69. The van der Waals surface area contributed by atoms with Gasteiger partial charge < -0.3 is 0 Å². The number of hydrogen-bond donors (Lipinski definition) is 0. The van der Waals surface area contributed by atoms with Crippen LogP contribution in [0.3, 0.4) is 0 Å². The fourth-order valence-electron chi connectivity index (χ4n) is 1.54. The zero-order valence-corrected chi connectivity index (χ0v) is 7.05. The number of rotatable bonds is 2. The first-order valence-corrected chi connectivity index (χ1v) is 4.11. The fourth-order valence-corrected chi connectivity index (χ4v) is 1.54. The molecule has 0 aromatic heterocycles. The SMILES string of the molecule is CC(=O)C1CC(C(C)C)C1. The first-order valence-electron chi connectivity index (χ1n) is 4.11. The lowest BCUT2D eigenvalue weighted by Gasteiger charge is -2.36. The van der Waals surface area contributed by atoms with Crippen molar-refractivity contribution in [2.45, 2.75) is 33.6 Å². The Hall–Kier alpha value is -0.330. The van der Waals surface area contributed by atoms with Crippen molar-refractivity contribution in [3.05, 3.63) is 0 Å². The highest BCUT2D eigenvalue weighted by Gasteiger charge is 2.33. The van der Waals surface area contributed by atoms with E-state index in [1.54, 1.807) is 6.92 Å². The number of hydrogen-bond acceptors (Lipinski definition) is 1. The summed E-state index contributed by atoms with van der Waals surface area (Å²) in [5.41, 5.74) is 0. The van der Waals surface area contributed by atoms with E-state index in [4.69, 9.17) is 0 Å². The van der Waals surface area contributed by atoms with Crippen LogP contribution in [0.25, 0.3) is 0 Å². The van der Waals surface area contributed by atoms with Crippen molar-refractivity contribution in [3.8, 4) is 0 Å². The zero-order chi connectivity index (χ0) is 7.72. The van der Waals surface area contributed by atoms with Crippen LogP contribution in [0.4, 0.5) is 0 Å². The summed E-state index contributed by atoms with van der Waals surface area (Å²) in [6.45, 7) is 6.18. The van der Waals surface area contributed by atoms with E-state index in [2.05, 4.69) is 13.8 Å². The molecule has 0 saturated heterocycles. The normalized spacial score (nSPS) is 32.0. The molecule has 0 aromatic carbocycles. The van der Waals surface area contributed by atoms with Crippen LogP contribution in [0, 0.1) is 17.8 Å². The van der Waals surface area contributed by atoms with Gasteiger partial charge in [-0.15, -0.1) is 0 Å². The standard InChI is InChI=1S/C9H16O/c1-6(2)8-4-9(5-8)7(3)10/h6,8-9H,4-5H2,1-3H3. The van der Waals surface area contributed by atoms with Gasteiger partial charge in [0, 0.05) is 5.92 Å². The Kier molecular flexibility index (Phi) is 2.12. The van der Waals surface area contributed by atoms with Gasteiger partial charge in [0.05, 0.1) is 0 Å². The average Bonchev–Trinajstić information content (AvgIpc) is 1.56. The lowest BCUT2D eigenvalue weighted by atomic mass is 9.68. The van der Waals surface area contributed by atoms with Gasteiger partial charge in [-0.05, 0) is 31.6 Å². The first-order chi connectivity index (χ1) is 4.61. The molecule has 10 heavy (non-hydrogen) atoms. The van der Waals surface area contributed by atoms with E-state index in [9.17, 15) is 4.79 Å². The molecule has 1 heteroatoms. The van der Waals surface area contributed by atoms with Crippen LogP contribution in [-0.4, -0.2) is 5.78 Å². The van der Waals surface area contributed by atoms with Gasteiger partial charge in [0.2, 0.25) is 0 Å². The van der Waals surface area contributed by atoms with Crippen LogP contribution in [0.2, 0.25) is 0 Å². The molecular weight excluding hydrogens is 124 g/mol. The van der Waals surface area contributed by atoms with Crippen molar-refractivity contribution in [1.29, 1.82) is 0 Å². The summed E-state index contributed by atoms with van der Waals surface area (Å²) in [5, 5.41) is 0. The second kappa shape index (κ2) is 2.73. The molecule has 1 aliphatic carbocycles. The quantitative estimate of drug-likeness (QED) is 0.575. The minimum atomic E-state index is 0.386. The summed E-state index contributed by atoms with van der Waals surface area (Å²) in [6, 6.07) is 0. The van der Waals surface area contributed by atoms with Gasteiger partial charge >= 0.3 is 0 Å². The number of ketones is 1. The maximum Gasteiger partial charge on any atom is 0.132 e. The highest BCUT2D eigenvalue weighted by Crippen LogP contribution is 2.38. The van der Waals surface area contributed by atoms with E-state index in [0.717, 1.165) is 24.7 Å². The Labute approximate surface area is 62.8 Å². The number of Topliss-reactive ketones (excluding diaryl/α,β-unsaturated/α-hetero) is 1. The molecule has 0 radical (unpaired) electrons. The lowest BCUT2D eigenvalue weighted by Crippen LogP contribution is -2.31. The van der Waals surface area contributed by atoms with Crippen molar-refractivity contribution in [3.63, 3.8) is 0 Å². The Balaban J connectivity index is 2.24. The molecule has 58 valence electrons. The van der Waals surface area contributed by atoms with E-state index in [1.165, 1.54) is 0 Å². The van der Waals surface area contributed by atoms with Gasteiger partial charge in [-0.2, -0.15) is 0 Å². The van der Waals surface area contributed by atoms with Gasteiger partial charge in [-0.1, -0.05) is 13.8 Å². The monoisotopic (exact) mass is 140 g/mol. The van der Waals surface area contributed by atoms with Crippen LogP contribution in [-0.2, 0) is 4.79 Å². The molecule has 1 nitrogen and oxygen atoms in total. The number of carbonyl (C=O) groups excluding carboxylic acids is 1. The van der Waals surface area contributed by atoms with Crippen molar-refractivity contribution in [2.75, 3.05) is 0 Å². The van der Waals surface area contributed by atoms with Crippen molar-refractivity contribution >= 4 is 5.78 Å². The molecule has 0 aliphatic heterocycles. The van der Waals surface area contributed by atoms with Crippen LogP contribution in [0.5, 0.6) is 0 Å². The highest BCUT2D eigenvalue weighted by molar-refractivity contribution is 5.79. The largest absolute Gasteiger partial charge is 0.300 e. The van der Waals surface area contributed by atoms with Crippen molar-refractivity contribution < 1.29 is 4.79 Å². The van der Waals surface area contributed by atoms with E-state index in [-0.39, 0.29) is 0 Å². The highest BCUT2D eigenvalue weighted by atomic mass is 16.1. The third-order valence-corrected chi connectivity index (χ3v) is 2.69. The van der Waals surface area contributed by atoms with Gasteiger partial charge in [-0.3, -0.25) is 4.79 Å². The molecule has 0 bridgehead atoms. The molecule has 1 saturated carbocycles. The van der Waals surface area contributed by atoms with Gasteiger partial charge in [-0.25, -0.2) is 0 Å². The first kappa shape index (κ1) is 7.77. The second-order valence-corrected chi connectivity index (χ2v) is 3.78. The Morgan fingerprint density at radius 2 is 1.90 bits per heavy atom. The third kappa shape index (κ3) is 1.39. The maximum absolute atomic E-state index is 10.8. The minimum absolute atomic E-state index is 0.386. The van der Waals surface area contributed by atoms with Gasteiger partial charge in [0.15, 0.2) is 0 Å². The van der Waals surface area contributed by atoms with E-state index < -0.39 is 0 Å². The Morgan fingerprint density at radius 3 is 2.20 bits per heavy atom. The molecule has 1 aliphatic rings. The van der Waals surface area contributed by atoms with Crippen LogP contribution < -0.4 is 0 Å². The predicted molar refractivity (Wildman–Crippen MR) is 41.7 cm³/mol. The summed E-state index contributed by atoms with van der Waals surface area (Å²) in [6.07, 6.45) is 2.29.